The van der Waals surface area contributed by atoms with Gasteiger partial charge in [-0.15, -0.1) is 0 Å². The summed E-state index contributed by atoms with van der Waals surface area (Å²) in [5, 5.41) is 0.787. The molecule has 0 amide bonds. The van der Waals surface area contributed by atoms with Crippen molar-refractivity contribution in [2.45, 2.75) is 13.0 Å². The topological polar surface area (TPSA) is 41.7 Å². The second-order valence-electron chi connectivity index (χ2n) is 5.08. The first kappa shape index (κ1) is 15.6. The normalized spacial score (nSPS) is 18.2. The van der Waals surface area contributed by atoms with Gasteiger partial charge in [-0.3, -0.25) is 4.90 Å². The van der Waals surface area contributed by atoms with Crippen LogP contribution < -0.4 is 10.6 Å². The summed E-state index contributed by atoms with van der Waals surface area (Å²) in [5.74, 6) is 0. The van der Waals surface area contributed by atoms with E-state index in [-0.39, 0.29) is 6.10 Å². The molecule has 112 valence electrons. The van der Waals surface area contributed by atoms with E-state index in [0.29, 0.717) is 6.54 Å². The van der Waals surface area contributed by atoms with Gasteiger partial charge in [0.25, 0.3) is 0 Å². The van der Waals surface area contributed by atoms with E-state index < -0.39 is 0 Å². The van der Waals surface area contributed by atoms with E-state index in [9.17, 15) is 0 Å². The SMILES string of the molecule is CCOC(CN)CN1CCN(c2ccc(Cl)cc2)CC1. The Balaban J connectivity index is 1.81. The van der Waals surface area contributed by atoms with E-state index >= 15 is 0 Å². The highest BCUT2D eigenvalue weighted by Gasteiger charge is 2.19. The number of anilines is 1. The molecule has 1 fully saturated rings. The average Bonchev–Trinajstić information content (AvgIpc) is 2.48. The smallest absolute Gasteiger partial charge is 0.0823 e. The van der Waals surface area contributed by atoms with Crippen LogP contribution in [0.2, 0.25) is 5.02 Å². The van der Waals surface area contributed by atoms with Gasteiger partial charge in [-0.25, -0.2) is 0 Å². The van der Waals surface area contributed by atoms with Gasteiger partial charge in [0, 0.05) is 56.6 Å². The molecule has 1 aromatic rings. The lowest BCUT2D eigenvalue weighted by atomic mass is 10.2. The first-order valence-corrected chi connectivity index (χ1v) is 7.65. The third kappa shape index (κ3) is 4.35. The molecule has 5 heteroatoms. The van der Waals surface area contributed by atoms with Crippen LogP contribution in [0, 0.1) is 0 Å². The summed E-state index contributed by atoms with van der Waals surface area (Å²) in [6, 6.07) is 8.06. The predicted octanol–water partition coefficient (Wildman–Crippen LogP) is 1.83. The molecule has 1 aliphatic heterocycles. The van der Waals surface area contributed by atoms with Crippen LogP contribution in [-0.4, -0.2) is 56.9 Å². The fourth-order valence-electron chi connectivity index (χ4n) is 2.56. The third-order valence-electron chi connectivity index (χ3n) is 3.69. The van der Waals surface area contributed by atoms with Crippen LogP contribution in [-0.2, 0) is 4.74 Å². The van der Waals surface area contributed by atoms with E-state index in [4.69, 9.17) is 22.1 Å². The molecule has 20 heavy (non-hydrogen) atoms. The molecule has 2 N–H and O–H groups in total. The van der Waals surface area contributed by atoms with Crippen molar-refractivity contribution in [3.63, 3.8) is 0 Å². The lowest BCUT2D eigenvalue weighted by molar-refractivity contribution is 0.0379. The summed E-state index contributed by atoms with van der Waals surface area (Å²) in [5.41, 5.74) is 6.98. The fourth-order valence-corrected chi connectivity index (χ4v) is 2.69. The molecule has 0 aliphatic carbocycles. The van der Waals surface area contributed by atoms with Gasteiger partial charge in [-0.2, -0.15) is 0 Å². The molecule has 0 saturated carbocycles. The maximum atomic E-state index is 5.92. The molecule has 1 atom stereocenters. The summed E-state index contributed by atoms with van der Waals surface area (Å²) in [7, 11) is 0. The molecule has 0 radical (unpaired) electrons. The lowest BCUT2D eigenvalue weighted by Gasteiger charge is -2.37. The quantitative estimate of drug-likeness (QED) is 0.870. The van der Waals surface area contributed by atoms with Crippen LogP contribution in [0.4, 0.5) is 5.69 Å². The number of benzene rings is 1. The third-order valence-corrected chi connectivity index (χ3v) is 3.94. The molecule has 0 spiro atoms. The van der Waals surface area contributed by atoms with E-state index in [0.717, 1.165) is 44.4 Å². The highest BCUT2D eigenvalue weighted by atomic mass is 35.5. The van der Waals surface area contributed by atoms with Crippen LogP contribution >= 0.6 is 11.6 Å². The van der Waals surface area contributed by atoms with Crippen molar-refractivity contribution in [1.29, 1.82) is 0 Å². The van der Waals surface area contributed by atoms with Crippen LogP contribution in [0.1, 0.15) is 6.92 Å². The van der Waals surface area contributed by atoms with E-state index in [1.807, 2.05) is 19.1 Å². The Hall–Kier alpha value is -0.810. The number of ether oxygens (including phenoxy) is 1. The number of piperazine rings is 1. The summed E-state index contributed by atoms with van der Waals surface area (Å²) < 4.78 is 5.62. The minimum Gasteiger partial charge on any atom is -0.376 e. The van der Waals surface area contributed by atoms with Gasteiger partial charge < -0.3 is 15.4 Å². The lowest BCUT2D eigenvalue weighted by Crippen LogP contribution is -2.50. The average molecular weight is 298 g/mol. The predicted molar refractivity (Wildman–Crippen MR) is 84.6 cm³/mol. The number of nitrogens with zero attached hydrogens (tertiary/aromatic N) is 2. The molecule has 1 aliphatic rings. The van der Waals surface area contributed by atoms with E-state index in [2.05, 4.69) is 21.9 Å². The first-order valence-electron chi connectivity index (χ1n) is 7.27. The van der Waals surface area contributed by atoms with Crippen molar-refractivity contribution in [2.24, 2.45) is 5.73 Å². The van der Waals surface area contributed by atoms with Gasteiger partial charge >= 0.3 is 0 Å². The zero-order valence-corrected chi connectivity index (χ0v) is 12.9. The molecule has 1 heterocycles. The minimum atomic E-state index is 0.155. The van der Waals surface area contributed by atoms with Crippen LogP contribution in [0.25, 0.3) is 0 Å². The molecular weight excluding hydrogens is 274 g/mol. The van der Waals surface area contributed by atoms with Gasteiger partial charge in [-0.05, 0) is 31.2 Å². The van der Waals surface area contributed by atoms with Gasteiger partial charge in [0.2, 0.25) is 0 Å². The van der Waals surface area contributed by atoms with E-state index in [1.165, 1.54) is 5.69 Å². The Kier molecular flexibility index (Phi) is 6.10. The molecule has 0 aromatic heterocycles. The zero-order valence-electron chi connectivity index (χ0n) is 12.1. The van der Waals surface area contributed by atoms with Gasteiger partial charge in [0.1, 0.15) is 0 Å². The van der Waals surface area contributed by atoms with Crippen molar-refractivity contribution in [3.05, 3.63) is 29.3 Å². The number of halogens is 1. The molecular formula is C15H24ClN3O. The highest BCUT2D eigenvalue weighted by molar-refractivity contribution is 6.30. The number of hydrogen-bond donors (Lipinski definition) is 1. The standard InChI is InChI=1S/C15H24ClN3O/c1-2-20-15(11-17)12-18-7-9-19(10-8-18)14-5-3-13(16)4-6-14/h3-6,15H,2,7-12,17H2,1H3. The van der Waals surface area contributed by atoms with E-state index in [1.54, 1.807) is 0 Å². The van der Waals surface area contributed by atoms with Crippen molar-refractivity contribution in [1.82, 2.24) is 4.90 Å². The van der Waals surface area contributed by atoms with Gasteiger partial charge in [-0.1, -0.05) is 11.6 Å². The summed E-state index contributed by atoms with van der Waals surface area (Å²) in [6.45, 7) is 8.42. The molecule has 1 saturated heterocycles. The summed E-state index contributed by atoms with van der Waals surface area (Å²) >= 11 is 5.92. The highest BCUT2D eigenvalue weighted by Crippen LogP contribution is 2.19. The fraction of sp³-hybridized carbons (Fsp3) is 0.600. The number of nitrogens with two attached hydrogens (primary N) is 1. The maximum absolute atomic E-state index is 5.92. The second kappa shape index (κ2) is 7.84. The molecule has 0 bridgehead atoms. The second-order valence-corrected chi connectivity index (χ2v) is 5.51. The molecule has 4 nitrogen and oxygen atoms in total. The van der Waals surface area contributed by atoms with Gasteiger partial charge in [0.15, 0.2) is 0 Å². The zero-order chi connectivity index (χ0) is 14.4. The van der Waals surface area contributed by atoms with Gasteiger partial charge in [0.05, 0.1) is 6.10 Å². The Bertz CT molecular complexity index is 391. The van der Waals surface area contributed by atoms with Crippen molar-refractivity contribution < 1.29 is 4.74 Å². The largest absolute Gasteiger partial charge is 0.376 e. The van der Waals surface area contributed by atoms with Crippen molar-refractivity contribution >= 4 is 17.3 Å². The molecule has 2 rings (SSSR count). The summed E-state index contributed by atoms with van der Waals surface area (Å²) in [4.78, 5) is 4.82. The van der Waals surface area contributed by atoms with Crippen molar-refractivity contribution in [3.8, 4) is 0 Å². The Morgan fingerprint density at radius 1 is 1.20 bits per heavy atom. The Morgan fingerprint density at radius 2 is 1.85 bits per heavy atom. The summed E-state index contributed by atoms with van der Waals surface area (Å²) in [6.07, 6.45) is 0.155. The molecule has 1 unspecified atom stereocenters. The number of hydrogen-bond acceptors (Lipinski definition) is 4. The number of rotatable bonds is 6. The Morgan fingerprint density at radius 3 is 2.40 bits per heavy atom. The minimum absolute atomic E-state index is 0.155. The Labute approximate surface area is 126 Å². The van der Waals surface area contributed by atoms with Crippen LogP contribution in [0.15, 0.2) is 24.3 Å². The van der Waals surface area contributed by atoms with Crippen molar-refractivity contribution in [2.75, 3.05) is 50.8 Å². The maximum Gasteiger partial charge on any atom is 0.0823 e. The monoisotopic (exact) mass is 297 g/mol. The van der Waals surface area contributed by atoms with Crippen LogP contribution in [0.3, 0.4) is 0 Å². The van der Waals surface area contributed by atoms with Crippen LogP contribution in [0.5, 0.6) is 0 Å². The first-order chi connectivity index (χ1) is 9.72. The molecule has 1 aromatic carbocycles.